The zero-order valence-corrected chi connectivity index (χ0v) is 13.5. The standard InChI is InChI=1S/C15H21N3O3S/c1-22(20,21)13-7-8-18(10-13)15(19)17-14-6-5-12(9-16-14)11-3-2-4-11/h5-6,9,11,13H,2-4,7-8,10H2,1H3,(H,16,17,19). The quantitative estimate of drug-likeness (QED) is 0.922. The van der Waals surface area contributed by atoms with Crippen LogP contribution in [0.1, 0.15) is 37.2 Å². The fraction of sp³-hybridized carbons (Fsp3) is 0.600. The second kappa shape index (κ2) is 5.87. The molecule has 1 aliphatic heterocycles. The Morgan fingerprint density at radius 2 is 2.09 bits per heavy atom. The van der Waals surface area contributed by atoms with Gasteiger partial charge in [0.15, 0.2) is 9.84 Å². The lowest BCUT2D eigenvalue weighted by molar-refractivity contribution is 0.222. The van der Waals surface area contributed by atoms with E-state index in [1.54, 1.807) is 0 Å². The van der Waals surface area contributed by atoms with Crippen molar-refractivity contribution in [3.63, 3.8) is 0 Å². The van der Waals surface area contributed by atoms with Crippen LogP contribution in [0, 0.1) is 0 Å². The van der Waals surface area contributed by atoms with Gasteiger partial charge in [0.25, 0.3) is 0 Å². The molecule has 1 N–H and O–H groups in total. The third-order valence-electron chi connectivity index (χ3n) is 4.64. The molecule has 1 aromatic heterocycles. The largest absolute Gasteiger partial charge is 0.323 e. The highest BCUT2D eigenvalue weighted by atomic mass is 32.2. The third-order valence-corrected chi connectivity index (χ3v) is 6.23. The lowest BCUT2D eigenvalue weighted by atomic mass is 9.81. The first-order valence-corrected chi connectivity index (χ1v) is 9.59. The van der Waals surface area contributed by atoms with Gasteiger partial charge in [-0.1, -0.05) is 12.5 Å². The number of hydrogen-bond donors (Lipinski definition) is 1. The van der Waals surface area contributed by atoms with E-state index in [0.29, 0.717) is 24.7 Å². The first-order chi connectivity index (χ1) is 10.4. The molecule has 2 amide bonds. The first-order valence-electron chi connectivity index (χ1n) is 7.64. The van der Waals surface area contributed by atoms with Gasteiger partial charge in [-0.15, -0.1) is 0 Å². The highest BCUT2D eigenvalue weighted by molar-refractivity contribution is 7.91. The summed E-state index contributed by atoms with van der Waals surface area (Å²) in [5.41, 5.74) is 1.22. The average molecular weight is 323 g/mol. The van der Waals surface area contributed by atoms with Crippen LogP contribution in [-0.2, 0) is 9.84 Å². The molecule has 22 heavy (non-hydrogen) atoms. The molecular formula is C15H21N3O3S. The normalized spacial score (nSPS) is 22.4. The topological polar surface area (TPSA) is 79.4 Å². The van der Waals surface area contributed by atoms with Gasteiger partial charge in [0.05, 0.1) is 5.25 Å². The van der Waals surface area contributed by atoms with Crippen LogP contribution in [-0.4, -0.2) is 48.9 Å². The number of hydrogen-bond acceptors (Lipinski definition) is 4. The number of carbonyl (C=O) groups is 1. The number of urea groups is 1. The van der Waals surface area contributed by atoms with Crippen LogP contribution >= 0.6 is 0 Å². The van der Waals surface area contributed by atoms with E-state index in [4.69, 9.17) is 0 Å². The van der Waals surface area contributed by atoms with E-state index in [9.17, 15) is 13.2 Å². The third kappa shape index (κ3) is 3.24. The molecule has 1 unspecified atom stereocenters. The zero-order chi connectivity index (χ0) is 15.7. The molecule has 2 heterocycles. The molecule has 0 bridgehead atoms. The lowest BCUT2D eigenvalue weighted by Crippen LogP contribution is -2.35. The molecule has 1 aliphatic carbocycles. The lowest BCUT2D eigenvalue weighted by Gasteiger charge is -2.25. The molecule has 0 aromatic carbocycles. The van der Waals surface area contributed by atoms with Crippen molar-refractivity contribution in [2.45, 2.75) is 36.9 Å². The van der Waals surface area contributed by atoms with Crippen molar-refractivity contribution >= 4 is 21.7 Å². The Labute approximate surface area is 130 Å². The molecule has 0 radical (unpaired) electrons. The molecule has 1 atom stereocenters. The first kappa shape index (κ1) is 15.3. The number of rotatable bonds is 3. The van der Waals surface area contributed by atoms with Crippen LogP contribution in [0.15, 0.2) is 18.3 Å². The van der Waals surface area contributed by atoms with Gasteiger partial charge in [-0.3, -0.25) is 5.32 Å². The smallest absolute Gasteiger partial charge is 0.323 e. The minimum atomic E-state index is -3.09. The molecule has 6 nitrogen and oxygen atoms in total. The van der Waals surface area contributed by atoms with Gasteiger partial charge < -0.3 is 4.90 Å². The molecule has 1 saturated heterocycles. The molecule has 7 heteroatoms. The number of nitrogens with one attached hydrogen (secondary N) is 1. The number of aromatic nitrogens is 1. The van der Waals surface area contributed by atoms with Gasteiger partial charge in [-0.25, -0.2) is 18.2 Å². The van der Waals surface area contributed by atoms with E-state index >= 15 is 0 Å². The fourth-order valence-corrected chi connectivity index (χ4v) is 3.90. The maximum Gasteiger partial charge on any atom is 0.323 e. The highest BCUT2D eigenvalue weighted by Crippen LogP contribution is 2.36. The Bertz CT molecular complexity index is 653. The van der Waals surface area contributed by atoms with Crippen LogP contribution < -0.4 is 5.32 Å². The minimum Gasteiger partial charge on any atom is -0.323 e. The summed E-state index contributed by atoms with van der Waals surface area (Å²) >= 11 is 0. The molecule has 2 fully saturated rings. The van der Waals surface area contributed by atoms with E-state index < -0.39 is 15.1 Å². The summed E-state index contributed by atoms with van der Waals surface area (Å²) in [4.78, 5) is 18.0. The fourth-order valence-electron chi connectivity index (χ4n) is 2.91. The Morgan fingerprint density at radius 1 is 1.32 bits per heavy atom. The van der Waals surface area contributed by atoms with Gasteiger partial charge in [-0.05, 0) is 36.8 Å². The summed E-state index contributed by atoms with van der Waals surface area (Å²) in [6, 6.07) is 3.54. The number of carbonyl (C=O) groups excluding carboxylic acids is 1. The number of likely N-dealkylation sites (tertiary alicyclic amines) is 1. The molecular weight excluding hydrogens is 302 g/mol. The minimum absolute atomic E-state index is 0.255. The van der Waals surface area contributed by atoms with Gasteiger partial charge in [0, 0.05) is 25.5 Å². The molecule has 120 valence electrons. The van der Waals surface area contributed by atoms with Crippen molar-refractivity contribution in [2.75, 3.05) is 24.7 Å². The van der Waals surface area contributed by atoms with Crippen LogP contribution in [0.5, 0.6) is 0 Å². The highest BCUT2D eigenvalue weighted by Gasteiger charge is 2.32. The Morgan fingerprint density at radius 3 is 2.59 bits per heavy atom. The second-order valence-corrected chi connectivity index (χ2v) is 8.55. The number of nitrogens with zero attached hydrogens (tertiary/aromatic N) is 2. The van der Waals surface area contributed by atoms with Crippen molar-refractivity contribution in [1.82, 2.24) is 9.88 Å². The van der Waals surface area contributed by atoms with Crippen molar-refractivity contribution in [3.05, 3.63) is 23.9 Å². The number of sulfone groups is 1. The SMILES string of the molecule is CS(=O)(=O)C1CCN(C(=O)Nc2ccc(C3CCC3)cn2)C1. The van der Waals surface area contributed by atoms with E-state index in [-0.39, 0.29) is 12.6 Å². The van der Waals surface area contributed by atoms with Crippen LogP contribution in [0.2, 0.25) is 0 Å². The maximum absolute atomic E-state index is 12.2. The number of anilines is 1. The Hall–Kier alpha value is -1.63. The summed E-state index contributed by atoms with van der Waals surface area (Å²) < 4.78 is 23.0. The molecule has 0 spiro atoms. The summed E-state index contributed by atoms with van der Waals surface area (Å²) in [5.74, 6) is 1.13. The molecule has 1 saturated carbocycles. The Kier molecular flexibility index (Phi) is 4.08. The van der Waals surface area contributed by atoms with Gasteiger partial charge in [-0.2, -0.15) is 0 Å². The average Bonchev–Trinajstić information content (AvgIpc) is 2.88. The van der Waals surface area contributed by atoms with Crippen LogP contribution in [0.3, 0.4) is 0 Å². The van der Waals surface area contributed by atoms with Crippen molar-refractivity contribution in [3.8, 4) is 0 Å². The second-order valence-electron chi connectivity index (χ2n) is 6.22. The number of amides is 2. The number of pyridine rings is 1. The summed E-state index contributed by atoms with van der Waals surface area (Å²) in [6.45, 7) is 0.717. The van der Waals surface area contributed by atoms with Crippen molar-refractivity contribution in [1.29, 1.82) is 0 Å². The van der Waals surface area contributed by atoms with Gasteiger partial charge in [0.1, 0.15) is 5.82 Å². The monoisotopic (exact) mass is 323 g/mol. The summed E-state index contributed by atoms with van der Waals surface area (Å²) in [5, 5.41) is 2.29. The predicted molar refractivity (Wildman–Crippen MR) is 84.7 cm³/mol. The molecule has 1 aromatic rings. The van der Waals surface area contributed by atoms with Crippen molar-refractivity contribution in [2.24, 2.45) is 0 Å². The van der Waals surface area contributed by atoms with Crippen LogP contribution in [0.4, 0.5) is 10.6 Å². The van der Waals surface area contributed by atoms with E-state index in [1.807, 2.05) is 18.3 Å². The van der Waals surface area contributed by atoms with Gasteiger partial charge in [0.2, 0.25) is 0 Å². The Balaban J connectivity index is 1.58. The summed E-state index contributed by atoms with van der Waals surface area (Å²) in [6.07, 6.45) is 7.25. The van der Waals surface area contributed by atoms with Crippen molar-refractivity contribution < 1.29 is 13.2 Å². The van der Waals surface area contributed by atoms with Gasteiger partial charge >= 0.3 is 6.03 Å². The maximum atomic E-state index is 12.2. The summed E-state index contributed by atoms with van der Waals surface area (Å²) in [7, 11) is -3.09. The van der Waals surface area contributed by atoms with E-state index in [1.165, 1.54) is 36.0 Å². The van der Waals surface area contributed by atoms with E-state index in [0.717, 1.165) is 0 Å². The van der Waals surface area contributed by atoms with Crippen LogP contribution in [0.25, 0.3) is 0 Å². The molecule has 2 aliphatic rings. The molecule has 3 rings (SSSR count). The zero-order valence-electron chi connectivity index (χ0n) is 12.7. The predicted octanol–water partition coefficient (Wildman–Crippen LogP) is 2.00. The van der Waals surface area contributed by atoms with E-state index in [2.05, 4.69) is 10.3 Å².